The SMILES string of the molecule is C[C@H](c1ccc(Cl)cc1C(F)(F)F)n1cnc2ccc(N3CCN(C(=O)C4CCCCN4)CC3)cc21. The molecule has 0 spiro atoms. The zero-order valence-corrected chi connectivity index (χ0v) is 20.8. The fourth-order valence-electron chi connectivity index (χ4n) is 5.28. The first kappa shape index (κ1) is 24.9. The van der Waals surface area contributed by atoms with E-state index in [2.05, 4.69) is 15.2 Å². The molecular formula is C26H29ClF3N5O. The Hall–Kier alpha value is -2.78. The van der Waals surface area contributed by atoms with Crippen molar-refractivity contribution in [1.29, 1.82) is 0 Å². The van der Waals surface area contributed by atoms with Gasteiger partial charge in [-0.2, -0.15) is 13.2 Å². The van der Waals surface area contributed by atoms with E-state index in [1.165, 1.54) is 12.1 Å². The van der Waals surface area contributed by atoms with Crippen molar-refractivity contribution in [3.05, 3.63) is 58.9 Å². The highest BCUT2D eigenvalue weighted by atomic mass is 35.5. The summed E-state index contributed by atoms with van der Waals surface area (Å²) in [7, 11) is 0. The largest absolute Gasteiger partial charge is 0.416 e. The minimum atomic E-state index is -4.51. The molecule has 1 amide bonds. The number of anilines is 1. The van der Waals surface area contributed by atoms with Crippen molar-refractivity contribution < 1.29 is 18.0 Å². The molecule has 192 valence electrons. The first-order valence-corrected chi connectivity index (χ1v) is 12.7. The maximum atomic E-state index is 13.7. The van der Waals surface area contributed by atoms with Gasteiger partial charge in [0.05, 0.1) is 35.0 Å². The molecule has 0 saturated carbocycles. The number of rotatable bonds is 4. The first-order valence-electron chi connectivity index (χ1n) is 12.3. The highest BCUT2D eigenvalue weighted by Gasteiger charge is 2.35. The summed E-state index contributed by atoms with van der Waals surface area (Å²) in [6, 6.07) is 9.06. The molecule has 1 unspecified atom stereocenters. The molecule has 2 saturated heterocycles. The summed E-state index contributed by atoms with van der Waals surface area (Å²) in [5.41, 5.74) is 1.83. The molecule has 36 heavy (non-hydrogen) atoms. The van der Waals surface area contributed by atoms with E-state index in [1.807, 2.05) is 23.1 Å². The molecule has 2 atom stereocenters. The van der Waals surface area contributed by atoms with Gasteiger partial charge in [-0.25, -0.2) is 4.98 Å². The van der Waals surface area contributed by atoms with E-state index in [1.54, 1.807) is 17.8 Å². The molecule has 6 nitrogen and oxygen atoms in total. The summed E-state index contributed by atoms with van der Waals surface area (Å²) < 4.78 is 43.0. The van der Waals surface area contributed by atoms with Crippen LogP contribution in [0.4, 0.5) is 18.9 Å². The lowest BCUT2D eigenvalue weighted by molar-refractivity contribution is -0.138. The average molecular weight is 520 g/mol. The molecular weight excluding hydrogens is 491 g/mol. The zero-order valence-electron chi connectivity index (χ0n) is 20.1. The number of amides is 1. The minimum Gasteiger partial charge on any atom is -0.368 e. The number of piperidine rings is 1. The Bertz CT molecular complexity index is 1250. The van der Waals surface area contributed by atoms with Crippen molar-refractivity contribution in [2.24, 2.45) is 0 Å². The second kappa shape index (κ2) is 9.94. The summed E-state index contributed by atoms with van der Waals surface area (Å²) in [6.45, 7) is 5.31. The second-order valence-corrected chi connectivity index (χ2v) is 9.98. The molecule has 1 N–H and O–H groups in total. The van der Waals surface area contributed by atoms with Gasteiger partial charge in [-0.15, -0.1) is 0 Å². The van der Waals surface area contributed by atoms with Gasteiger partial charge in [0.15, 0.2) is 0 Å². The van der Waals surface area contributed by atoms with E-state index in [0.29, 0.717) is 31.7 Å². The summed E-state index contributed by atoms with van der Waals surface area (Å²) in [6.07, 6.45) is 0.157. The number of hydrogen-bond acceptors (Lipinski definition) is 4. The summed E-state index contributed by atoms with van der Waals surface area (Å²) in [5.74, 6) is 0.181. The van der Waals surface area contributed by atoms with Gasteiger partial charge < -0.3 is 19.7 Å². The number of hydrogen-bond donors (Lipinski definition) is 1. The van der Waals surface area contributed by atoms with Crippen molar-refractivity contribution in [2.75, 3.05) is 37.6 Å². The molecule has 2 aliphatic rings. The van der Waals surface area contributed by atoms with Crippen molar-refractivity contribution in [3.8, 4) is 0 Å². The summed E-state index contributed by atoms with van der Waals surface area (Å²) in [5, 5.41) is 3.38. The molecule has 0 bridgehead atoms. The van der Waals surface area contributed by atoms with Crippen LogP contribution in [0.25, 0.3) is 11.0 Å². The predicted molar refractivity (Wildman–Crippen MR) is 134 cm³/mol. The molecule has 0 radical (unpaired) electrons. The molecule has 3 aromatic rings. The molecule has 0 aliphatic carbocycles. The first-order chi connectivity index (χ1) is 17.2. The van der Waals surface area contributed by atoms with Crippen LogP contribution in [-0.2, 0) is 11.0 Å². The number of halogens is 4. The van der Waals surface area contributed by atoms with Gasteiger partial charge in [-0.05, 0) is 62.2 Å². The number of nitrogens with one attached hydrogen (secondary N) is 1. The Morgan fingerprint density at radius 2 is 1.89 bits per heavy atom. The van der Waals surface area contributed by atoms with Gasteiger partial charge in [-0.3, -0.25) is 4.79 Å². The van der Waals surface area contributed by atoms with E-state index in [9.17, 15) is 18.0 Å². The van der Waals surface area contributed by atoms with Gasteiger partial charge in [0.1, 0.15) is 0 Å². The maximum Gasteiger partial charge on any atom is 0.416 e. The van der Waals surface area contributed by atoms with Crippen LogP contribution in [0.2, 0.25) is 5.02 Å². The Kier molecular flexibility index (Phi) is 6.87. The Morgan fingerprint density at radius 1 is 1.11 bits per heavy atom. The maximum absolute atomic E-state index is 13.7. The number of carbonyl (C=O) groups excluding carboxylic acids is 1. The van der Waals surface area contributed by atoms with Crippen molar-refractivity contribution in [2.45, 2.75) is 44.4 Å². The number of benzene rings is 2. The van der Waals surface area contributed by atoms with Crippen LogP contribution in [0.5, 0.6) is 0 Å². The smallest absolute Gasteiger partial charge is 0.368 e. The van der Waals surface area contributed by atoms with Crippen molar-refractivity contribution >= 4 is 34.2 Å². The fraction of sp³-hybridized carbons (Fsp3) is 0.462. The van der Waals surface area contributed by atoms with E-state index in [0.717, 1.165) is 43.1 Å². The van der Waals surface area contributed by atoms with E-state index in [-0.39, 0.29) is 22.5 Å². The number of fused-ring (bicyclic) bond motifs is 1. The predicted octanol–water partition coefficient (Wildman–Crippen LogP) is 5.11. The average Bonchev–Trinajstić information content (AvgIpc) is 3.31. The molecule has 2 aromatic carbocycles. The van der Waals surface area contributed by atoms with Gasteiger partial charge >= 0.3 is 6.18 Å². The normalized spacial score (nSPS) is 20.1. The van der Waals surface area contributed by atoms with Crippen LogP contribution in [0.1, 0.15) is 43.4 Å². The minimum absolute atomic E-state index is 0.0490. The summed E-state index contributed by atoms with van der Waals surface area (Å²) in [4.78, 5) is 21.4. The van der Waals surface area contributed by atoms with Gasteiger partial charge in [0, 0.05) is 36.9 Å². The number of imidazole rings is 1. The third-order valence-electron chi connectivity index (χ3n) is 7.31. The van der Waals surface area contributed by atoms with Crippen molar-refractivity contribution in [3.63, 3.8) is 0 Å². The number of aromatic nitrogens is 2. The molecule has 1 aromatic heterocycles. The molecule has 5 rings (SSSR count). The van der Waals surface area contributed by atoms with E-state index in [4.69, 9.17) is 11.6 Å². The van der Waals surface area contributed by atoms with Gasteiger partial charge in [-0.1, -0.05) is 24.1 Å². The number of nitrogens with zero attached hydrogens (tertiary/aromatic N) is 4. The van der Waals surface area contributed by atoms with Crippen LogP contribution >= 0.6 is 11.6 Å². The number of carbonyl (C=O) groups is 1. The Labute approximate surface area is 213 Å². The van der Waals surface area contributed by atoms with Gasteiger partial charge in [0.25, 0.3) is 0 Å². The van der Waals surface area contributed by atoms with Gasteiger partial charge in [0.2, 0.25) is 5.91 Å². The lowest BCUT2D eigenvalue weighted by Gasteiger charge is -2.38. The number of alkyl halides is 3. The third-order valence-corrected chi connectivity index (χ3v) is 7.55. The second-order valence-electron chi connectivity index (χ2n) is 9.54. The van der Waals surface area contributed by atoms with Crippen LogP contribution in [-0.4, -0.2) is 59.1 Å². The van der Waals surface area contributed by atoms with E-state index < -0.39 is 17.8 Å². The standard InChI is InChI=1S/C26H29ClF3N5O/c1-17(20-7-5-18(27)14-21(20)26(28,29)30)35-16-32-22-8-6-19(15-24(22)35)33-10-12-34(13-11-33)25(36)23-4-2-3-9-31-23/h5-8,14-17,23,31H,2-4,9-13H2,1H3/t17-,23?/m1/s1. The lowest BCUT2D eigenvalue weighted by atomic mass is 10.0. The van der Waals surface area contributed by atoms with Crippen LogP contribution < -0.4 is 10.2 Å². The number of piperazine rings is 1. The summed E-state index contributed by atoms with van der Waals surface area (Å²) >= 11 is 5.88. The molecule has 3 heterocycles. The van der Waals surface area contributed by atoms with Crippen molar-refractivity contribution in [1.82, 2.24) is 19.8 Å². The molecule has 10 heteroatoms. The molecule has 2 aliphatic heterocycles. The Balaban J connectivity index is 1.36. The zero-order chi connectivity index (χ0) is 25.4. The highest BCUT2D eigenvalue weighted by Crippen LogP contribution is 2.38. The highest BCUT2D eigenvalue weighted by molar-refractivity contribution is 6.30. The van der Waals surface area contributed by atoms with Crippen LogP contribution in [0.15, 0.2) is 42.7 Å². The fourth-order valence-corrected chi connectivity index (χ4v) is 5.45. The lowest BCUT2D eigenvalue weighted by Crippen LogP contribution is -2.55. The topological polar surface area (TPSA) is 53.4 Å². The monoisotopic (exact) mass is 519 g/mol. The van der Waals surface area contributed by atoms with Crippen LogP contribution in [0, 0.1) is 0 Å². The quantitative estimate of drug-likeness (QED) is 0.520. The molecule has 2 fully saturated rings. The Morgan fingerprint density at radius 3 is 2.58 bits per heavy atom. The van der Waals surface area contributed by atoms with E-state index >= 15 is 0 Å². The van der Waals surface area contributed by atoms with Crippen LogP contribution in [0.3, 0.4) is 0 Å². The third kappa shape index (κ3) is 4.91.